The lowest BCUT2D eigenvalue weighted by Gasteiger charge is -2.41. The minimum Gasteiger partial charge on any atom is -0.545 e. The summed E-state index contributed by atoms with van der Waals surface area (Å²) in [5, 5.41) is 15.3. The number of aromatic carboxylic acids is 1. The fourth-order valence-electron chi connectivity index (χ4n) is 6.17. The van der Waals surface area contributed by atoms with Gasteiger partial charge in [0.05, 0.1) is 11.7 Å². The van der Waals surface area contributed by atoms with Gasteiger partial charge in [-0.2, -0.15) is 11.8 Å². The molecule has 2 heterocycles. The second-order valence-corrected chi connectivity index (χ2v) is 17.3. The average Bonchev–Trinajstić information content (AvgIpc) is 3.33. The lowest BCUT2D eigenvalue weighted by molar-refractivity contribution is -0.462. The highest BCUT2D eigenvalue weighted by molar-refractivity contribution is 7.99. The summed E-state index contributed by atoms with van der Waals surface area (Å²) in [6.07, 6.45) is 7.40. The number of carbonyl (C=O) groups excluding carboxylic acids is 4. The average molecular weight is 644 g/mol. The van der Waals surface area contributed by atoms with Gasteiger partial charge in [-0.3, -0.25) is 9.59 Å². The molecule has 0 bridgehead atoms. The van der Waals surface area contributed by atoms with E-state index in [1.807, 2.05) is 40.3 Å². The first-order valence-electron chi connectivity index (χ1n) is 14.9. The number of hydrogen-bond acceptors (Lipinski definition) is 8. The molecule has 0 spiro atoms. The Balaban J connectivity index is 1.50. The third-order valence-corrected chi connectivity index (χ3v) is 14.1. The van der Waals surface area contributed by atoms with E-state index in [0.717, 1.165) is 40.6 Å². The van der Waals surface area contributed by atoms with Crippen molar-refractivity contribution in [2.24, 2.45) is 0 Å². The summed E-state index contributed by atoms with van der Waals surface area (Å²) in [6, 6.07) is 14.4. The van der Waals surface area contributed by atoms with Gasteiger partial charge in [0.1, 0.15) is 22.2 Å². The molecule has 1 aliphatic carbocycles. The van der Waals surface area contributed by atoms with E-state index >= 15 is 0 Å². The zero-order valence-electron chi connectivity index (χ0n) is 26.2. The molecule has 2 aromatic rings. The van der Waals surface area contributed by atoms with Crippen molar-refractivity contribution in [2.75, 3.05) is 44.6 Å². The zero-order valence-corrected chi connectivity index (χ0v) is 28.0. The molecule has 0 aromatic heterocycles. The summed E-state index contributed by atoms with van der Waals surface area (Å²) in [4.78, 5) is 55.3. The van der Waals surface area contributed by atoms with E-state index in [1.54, 1.807) is 12.1 Å². The van der Waals surface area contributed by atoms with Crippen molar-refractivity contribution in [3.63, 3.8) is 0 Å². The van der Waals surface area contributed by atoms with Gasteiger partial charge in [0, 0.05) is 50.3 Å². The van der Waals surface area contributed by atoms with Gasteiger partial charge in [-0.15, -0.1) is 5.06 Å². The standard InChI is InChI=1S/C34H37N3O6SSi/c1-35(2)22-11-13-26-28(19-22)45(5,18-8-17-44-21-32(40)43-37-30(38)15-16-31(37)39)29-20-23(36(3)4)12-14-27(29)33(26)24-9-6-7-10-25(24)34(41)42/h6-7,9-14,19-20H,8,15-18,21H2,1-5H3. The topological polar surface area (TPSA) is 110 Å². The molecule has 1 atom stereocenters. The Labute approximate surface area is 268 Å². The van der Waals surface area contributed by atoms with Gasteiger partial charge in [0.15, 0.2) is 5.71 Å². The Morgan fingerprint density at radius 3 is 2.42 bits per heavy atom. The molecule has 45 heavy (non-hydrogen) atoms. The molecule has 2 aromatic carbocycles. The first-order valence-corrected chi connectivity index (χ1v) is 18.7. The molecular weight excluding hydrogens is 607 g/mol. The van der Waals surface area contributed by atoms with Crippen molar-refractivity contribution >= 4 is 65.7 Å². The van der Waals surface area contributed by atoms with E-state index < -0.39 is 31.8 Å². The van der Waals surface area contributed by atoms with E-state index in [0.29, 0.717) is 16.4 Å². The maximum Gasteiger partial charge on any atom is 0.342 e. The smallest absolute Gasteiger partial charge is 0.342 e. The normalized spacial score (nSPS) is 18.9. The van der Waals surface area contributed by atoms with Crippen LogP contribution in [-0.2, 0) is 19.2 Å². The molecule has 0 unspecified atom stereocenters. The van der Waals surface area contributed by atoms with Crippen LogP contribution in [0.25, 0.3) is 5.57 Å². The largest absolute Gasteiger partial charge is 0.545 e. The molecule has 9 nitrogen and oxygen atoms in total. The number of fused-ring (bicyclic) bond motifs is 2. The molecule has 5 rings (SSSR count). The monoisotopic (exact) mass is 643 g/mol. The number of hydroxylamine groups is 2. The number of carboxylic acids is 1. The number of imide groups is 1. The summed E-state index contributed by atoms with van der Waals surface area (Å²) in [5.74, 6) is -2.07. The van der Waals surface area contributed by atoms with Gasteiger partial charge < -0.3 is 19.6 Å². The van der Waals surface area contributed by atoms with Crippen molar-refractivity contribution < 1.29 is 33.7 Å². The van der Waals surface area contributed by atoms with E-state index in [9.17, 15) is 24.3 Å². The SMILES string of the molecule is CN(C)c1ccc2c(c1)[Si@](C)(CCCSCC(=O)ON1C(=O)CCC1=O)C1=CC(=[N+](C)C)C=CC1=C2c1ccccc1C(=O)[O-]. The first kappa shape index (κ1) is 32.2. The molecule has 2 aliphatic heterocycles. The second kappa shape index (κ2) is 13.0. The Bertz CT molecular complexity index is 1710. The van der Waals surface area contributed by atoms with Crippen molar-refractivity contribution in [3.05, 3.63) is 88.2 Å². The predicted octanol–water partition coefficient (Wildman–Crippen LogP) is 2.70. The Morgan fingerprint density at radius 2 is 1.76 bits per heavy atom. The van der Waals surface area contributed by atoms with Crippen LogP contribution in [0.2, 0.25) is 12.6 Å². The molecule has 1 fully saturated rings. The highest BCUT2D eigenvalue weighted by Crippen LogP contribution is 2.44. The van der Waals surface area contributed by atoms with Gasteiger partial charge in [-0.25, -0.2) is 9.37 Å². The Kier molecular flexibility index (Phi) is 9.31. The van der Waals surface area contributed by atoms with Crippen LogP contribution in [0.3, 0.4) is 0 Å². The summed E-state index contributed by atoms with van der Waals surface area (Å²) < 4.78 is 2.08. The number of amides is 2. The fraction of sp³-hybridized carbons (Fsp3) is 0.324. The van der Waals surface area contributed by atoms with Crippen molar-refractivity contribution in [2.45, 2.75) is 31.9 Å². The number of allylic oxidation sites excluding steroid dienone is 5. The summed E-state index contributed by atoms with van der Waals surface area (Å²) in [5.41, 5.74) is 5.88. The van der Waals surface area contributed by atoms with Crippen LogP contribution in [-0.4, -0.2) is 86.9 Å². The van der Waals surface area contributed by atoms with E-state index in [1.165, 1.54) is 22.1 Å². The second-order valence-electron chi connectivity index (χ2n) is 12.0. The molecule has 0 saturated carbocycles. The maximum absolute atomic E-state index is 12.4. The fourth-order valence-corrected chi connectivity index (χ4v) is 11.4. The quantitative estimate of drug-likeness (QED) is 0.168. The number of carboxylic acid groups (broad SMARTS) is 1. The minimum absolute atomic E-state index is 0.0377. The maximum atomic E-state index is 12.4. The van der Waals surface area contributed by atoms with Gasteiger partial charge in [-0.1, -0.05) is 36.9 Å². The molecule has 0 N–H and O–H groups in total. The van der Waals surface area contributed by atoms with E-state index in [-0.39, 0.29) is 24.2 Å². The van der Waals surface area contributed by atoms with E-state index in [2.05, 4.69) is 52.4 Å². The molecule has 0 radical (unpaired) electrons. The summed E-state index contributed by atoms with van der Waals surface area (Å²) in [6.45, 7) is 2.37. The Hall–Kier alpha value is -4.22. The zero-order chi connectivity index (χ0) is 32.5. The summed E-state index contributed by atoms with van der Waals surface area (Å²) in [7, 11) is 5.60. The molecule has 1 saturated heterocycles. The van der Waals surface area contributed by atoms with Crippen LogP contribution in [0.4, 0.5) is 5.69 Å². The minimum atomic E-state index is -2.44. The molecule has 11 heteroatoms. The first-order chi connectivity index (χ1) is 21.4. The number of thioether (sulfide) groups is 1. The molecule has 234 valence electrons. The number of anilines is 1. The van der Waals surface area contributed by atoms with Gasteiger partial charge in [-0.05, 0) is 69.1 Å². The van der Waals surface area contributed by atoms with Crippen molar-refractivity contribution in [3.8, 4) is 0 Å². The number of rotatable bonds is 10. The summed E-state index contributed by atoms with van der Waals surface area (Å²) >= 11 is 1.42. The van der Waals surface area contributed by atoms with Crippen LogP contribution < -0.4 is 15.2 Å². The van der Waals surface area contributed by atoms with Crippen molar-refractivity contribution in [1.82, 2.24) is 5.06 Å². The lowest BCUT2D eigenvalue weighted by Crippen LogP contribution is -2.52. The van der Waals surface area contributed by atoms with Gasteiger partial charge >= 0.3 is 5.97 Å². The molecule has 2 amide bonds. The van der Waals surface area contributed by atoms with Gasteiger partial charge in [0.25, 0.3) is 11.8 Å². The van der Waals surface area contributed by atoms with Crippen LogP contribution >= 0.6 is 11.8 Å². The lowest BCUT2D eigenvalue weighted by atomic mass is 9.87. The molecular formula is C34H37N3O6SSi. The number of carbonyl (C=O) groups is 4. The van der Waals surface area contributed by atoms with Gasteiger partial charge in [0.2, 0.25) is 0 Å². The predicted molar refractivity (Wildman–Crippen MR) is 177 cm³/mol. The Morgan fingerprint density at radius 1 is 1.04 bits per heavy atom. The highest BCUT2D eigenvalue weighted by Gasteiger charge is 2.43. The van der Waals surface area contributed by atoms with Crippen LogP contribution in [0, 0.1) is 0 Å². The van der Waals surface area contributed by atoms with Crippen LogP contribution in [0.5, 0.6) is 0 Å². The third-order valence-electron chi connectivity index (χ3n) is 8.57. The number of benzene rings is 2. The van der Waals surface area contributed by atoms with Crippen LogP contribution in [0.15, 0.2) is 71.5 Å². The van der Waals surface area contributed by atoms with E-state index in [4.69, 9.17) is 4.84 Å². The van der Waals surface area contributed by atoms with Crippen LogP contribution in [0.1, 0.15) is 40.7 Å². The number of hydrogen-bond donors (Lipinski definition) is 0. The highest BCUT2D eigenvalue weighted by atomic mass is 32.2. The number of nitrogens with zero attached hydrogens (tertiary/aromatic N) is 3. The molecule has 3 aliphatic rings. The third kappa shape index (κ3) is 6.32. The van der Waals surface area contributed by atoms with Crippen molar-refractivity contribution in [1.29, 1.82) is 0 Å².